The molecule has 1 aliphatic rings. The SMILES string of the molecule is COC1CN(Cc2ccccc2/C=C/C(=O)O)CC1OC. The molecule has 0 saturated carbocycles. The lowest BCUT2D eigenvalue weighted by molar-refractivity contribution is -0.131. The van der Waals surface area contributed by atoms with Gasteiger partial charge >= 0.3 is 5.97 Å². The highest BCUT2D eigenvalue weighted by molar-refractivity contribution is 5.85. The Bertz CT molecular complexity index is 503. The first-order valence-electron chi connectivity index (χ1n) is 6.91. The maximum absolute atomic E-state index is 10.7. The molecule has 0 bridgehead atoms. The van der Waals surface area contributed by atoms with Gasteiger partial charge in [0.25, 0.3) is 0 Å². The molecule has 1 aromatic rings. The molecule has 2 rings (SSSR count). The fourth-order valence-electron chi connectivity index (χ4n) is 2.64. The molecule has 1 aromatic carbocycles. The molecular formula is C16H21NO4. The molecule has 1 aliphatic heterocycles. The fraction of sp³-hybridized carbons (Fsp3) is 0.438. The number of likely N-dealkylation sites (tertiary alicyclic amines) is 1. The Morgan fingerprint density at radius 3 is 2.48 bits per heavy atom. The smallest absolute Gasteiger partial charge is 0.328 e. The van der Waals surface area contributed by atoms with Gasteiger partial charge in [0, 0.05) is 39.9 Å². The second-order valence-electron chi connectivity index (χ2n) is 5.11. The average Bonchev–Trinajstić information content (AvgIpc) is 2.88. The van der Waals surface area contributed by atoms with Crippen LogP contribution in [0.2, 0.25) is 0 Å². The number of aliphatic carboxylic acids is 1. The number of hydrogen-bond acceptors (Lipinski definition) is 4. The van der Waals surface area contributed by atoms with E-state index in [9.17, 15) is 4.79 Å². The van der Waals surface area contributed by atoms with Crippen LogP contribution in [-0.2, 0) is 20.8 Å². The Labute approximate surface area is 124 Å². The van der Waals surface area contributed by atoms with Crippen LogP contribution >= 0.6 is 0 Å². The number of carbonyl (C=O) groups is 1. The van der Waals surface area contributed by atoms with Gasteiger partial charge in [0.15, 0.2) is 0 Å². The highest BCUT2D eigenvalue weighted by Crippen LogP contribution is 2.20. The number of carboxylic acids is 1. The molecule has 2 unspecified atom stereocenters. The van der Waals surface area contributed by atoms with Gasteiger partial charge < -0.3 is 14.6 Å². The zero-order valence-electron chi connectivity index (χ0n) is 12.4. The summed E-state index contributed by atoms with van der Waals surface area (Å²) < 4.78 is 10.9. The largest absolute Gasteiger partial charge is 0.478 e. The van der Waals surface area contributed by atoms with Crippen LogP contribution in [0.15, 0.2) is 30.3 Å². The summed E-state index contributed by atoms with van der Waals surface area (Å²) in [5.74, 6) is -0.940. The molecule has 1 fully saturated rings. The first-order valence-corrected chi connectivity index (χ1v) is 6.91. The van der Waals surface area contributed by atoms with Gasteiger partial charge in [-0.3, -0.25) is 4.90 Å². The van der Waals surface area contributed by atoms with Crippen LogP contribution in [0.1, 0.15) is 11.1 Å². The fourth-order valence-corrected chi connectivity index (χ4v) is 2.64. The molecule has 1 saturated heterocycles. The van der Waals surface area contributed by atoms with Crippen molar-refractivity contribution < 1.29 is 19.4 Å². The van der Waals surface area contributed by atoms with Crippen molar-refractivity contribution in [3.05, 3.63) is 41.5 Å². The highest BCUT2D eigenvalue weighted by Gasteiger charge is 2.32. The monoisotopic (exact) mass is 291 g/mol. The number of methoxy groups -OCH3 is 2. The minimum absolute atomic E-state index is 0.0803. The van der Waals surface area contributed by atoms with Crippen LogP contribution in [0, 0.1) is 0 Å². The quantitative estimate of drug-likeness (QED) is 0.807. The summed E-state index contributed by atoms with van der Waals surface area (Å²) >= 11 is 0. The molecule has 0 radical (unpaired) electrons. The molecule has 0 aromatic heterocycles. The highest BCUT2D eigenvalue weighted by atomic mass is 16.5. The predicted molar refractivity (Wildman–Crippen MR) is 80.0 cm³/mol. The third-order valence-electron chi connectivity index (χ3n) is 3.75. The van der Waals surface area contributed by atoms with Crippen LogP contribution in [-0.4, -0.2) is 55.5 Å². The summed E-state index contributed by atoms with van der Waals surface area (Å²) in [6.07, 6.45) is 2.96. The topological polar surface area (TPSA) is 59.0 Å². The number of rotatable bonds is 6. The predicted octanol–water partition coefficient (Wildman–Crippen LogP) is 1.63. The number of hydrogen-bond donors (Lipinski definition) is 1. The van der Waals surface area contributed by atoms with Gasteiger partial charge in [-0.1, -0.05) is 24.3 Å². The van der Waals surface area contributed by atoms with E-state index in [1.807, 2.05) is 24.3 Å². The molecule has 5 nitrogen and oxygen atoms in total. The molecular weight excluding hydrogens is 270 g/mol. The second kappa shape index (κ2) is 7.36. The van der Waals surface area contributed by atoms with E-state index < -0.39 is 5.97 Å². The third-order valence-corrected chi connectivity index (χ3v) is 3.75. The van der Waals surface area contributed by atoms with Gasteiger partial charge in [-0.15, -0.1) is 0 Å². The number of carboxylic acid groups (broad SMARTS) is 1. The minimum Gasteiger partial charge on any atom is -0.478 e. The Kier molecular flexibility index (Phi) is 5.50. The summed E-state index contributed by atoms with van der Waals surface area (Å²) in [6.45, 7) is 2.37. The molecule has 5 heteroatoms. The zero-order valence-corrected chi connectivity index (χ0v) is 12.4. The average molecular weight is 291 g/mol. The third kappa shape index (κ3) is 4.14. The van der Waals surface area contributed by atoms with Crippen molar-refractivity contribution in [3.63, 3.8) is 0 Å². The van der Waals surface area contributed by atoms with E-state index in [1.54, 1.807) is 20.3 Å². The first kappa shape index (κ1) is 15.7. The van der Waals surface area contributed by atoms with Crippen LogP contribution in [0.4, 0.5) is 0 Å². The van der Waals surface area contributed by atoms with Crippen LogP contribution in [0.3, 0.4) is 0 Å². The van der Waals surface area contributed by atoms with Crippen molar-refractivity contribution in [3.8, 4) is 0 Å². The first-order chi connectivity index (χ1) is 10.1. The Morgan fingerprint density at radius 1 is 1.29 bits per heavy atom. The van der Waals surface area contributed by atoms with E-state index in [4.69, 9.17) is 14.6 Å². The lowest BCUT2D eigenvalue weighted by atomic mass is 10.1. The molecule has 0 aliphatic carbocycles. The molecule has 0 spiro atoms. The molecule has 1 heterocycles. The Balaban J connectivity index is 2.08. The van der Waals surface area contributed by atoms with Crippen LogP contribution in [0.25, 0.3) is 6.08 Å². The molecule has 0 amide bonds. The van der Waals surface area contributed by atoms with Crippen molar-refractivity contribution in [2.24, 2.45) is 0 Å². The molecule has 1 N–H and O–H groups in total. The van der Waals surface area contributed by atoms with Gasteiger partial charge in [-0.25, -0.2) is 4.79 Å². The summed E-state index contributed by atoms with van der Waals surface area (Å²) in [7, 11) is 3.40. The van der Waals surface area contributed by atoms with E-state index in [-0.39, 0.29) is 12.2 Å². The Hall–Kier alpha value is -1.69. The van der Waals surface area contributed by atoms with Gasteiger partial charge in [0.1, 0.15) is 0 Å². The van der Waals surface area contributed by atoms with Crippen LogP contribution < -0.4 is 0 Å². The van der Waals surface area contributed by atoms with Gasteiger partial charge in [-0.05, 0) is 17.2 Å². The minimum atomic E-state index is -0.940. The molecule has 114 valence electrons. The summed E-state index contributed by atoms with van der Waals surface area (Å²) in [6, 6.07) is 7.81. The summed E-state index contributed by atoms with van der Waals surface area (Å²) in [5.41, 5.74) is 2.02. The maximum atomic E-state index is 10.7. The van der Waals surface area contributed by atoms with Crippen molar-refractivity contribution >= 4 is 12.0 Å². The maximum Gasteiger partial charge on any atom is 0.328 e. The second-order valence-corrected chi connectivity index (χ2v) is 5.11. The van der Waals surface area contributed by atoms with E-state index in [0.717, 1.165) is 30.8 Å². The van der Waals surface area contributed by atoms with Gasteiger partial charge in [0.05, 0.1) is 12.2 Å². The van der Waals surface area contributed by atoms with E-state index >= 15 is 0 Å². The Morgan fingerprint density at radius 2 is 1.90 bits per heavy atom. The number of nitrogens with zero attached hydrogens (tertiary/aromatic N) is 1. The summed E-state index contributed by atoms with van der Waals surface area (Å²) in [5, 5.41) is 8.75. The van der Waals surface area contributed by atoms with Crippen molar-refractivity contribution in [1.82, 2.24) is 4.90 Å². The van der Waals surface area contributed by atoms with Crippen molar-refractivity contribution in [1.29, 1.82) is 0 Å². The van der Waals surface area contributed by atoms with Crippen molar-refractivity contribution in [2.75, 3.05) is 27.3 Å². The lowest BCUT2D eigenvalue weighted by Gasteiger charge is -2.16. The zero-order chi connectivity index (χ0) is 15.2. The normalized spacial score (nSPS) is 23.0. The van der Waals surface area contributed by atoms with Gasteiger partial charge in [0.2, 0.25) is 0 Å². The molecule has 2 atom stereocenters. The molecule has 21 heavy (non-hydrogen) atoms. The van der Waals surface area contributed by atoms with Crippen molar-refractivity contribution in [2.45, 2.75) is 18.8 Å². The standard InChI is InChI=1S/C16H21NO4/c1-20-14-10-17(11-15(14)21-2)9-13-6-4-3-5-12(13)7-8-16(18)19/h3-8,14-15H,9-11H2,1-2H3,(H,18,19)/b8-7+. The van der Waals surface area contributed by atoms with E-state index in [0.29, 0.717) is 0 Å². The number of ether oxygens (including phenoxy) is 2. The van der Waals surface area contributed by atoms with E-state index in [1.165, 1.54) is 6.08 Å². The van der Waals surface area contributed by atoms with Gasteiger partial charge in [-0.2, -0.15) is 0 Å². The van der Waals surface area contributed by atoms with Crippen LogP contribution in [0.5, 0.6) is 0 Å². The summed E-state index contributed by atoms with van der Waals surface area (Å²) in [4.78, 5) is 12.9. The number of benzene rings is 1. The van der Waals surface area contributed by atoms with E-state index in [2.05, 4.69) is 4.90 Å². The lowest BCUT2D eigenvalue weighted by Crippen LogP contribution is -2.27.